The first-order valence-electron chi connectivity index (χ1n) is 5.43. The lowest BCUT2D eigenvalue weighted by Crippen LogP contribution is -2.32. The van der Waals surface area contributed by atoms with Gasteiger partial charge in [0.25, 0.3) is 11.8 Å². The summed E-state index contributed by atoms with van der Waals surface area (Å²) >= 11 is 0. The molecular weight excluding hydrogens is 236 g/mol. The zero-order valence-electron chi connectivity index (χ0n) is 9.80. The summed E-state index contributed by atoms with van der Waals surface area (Å²) in [5, 5.41) is 0.519. The van der Waals surface area contributed by atoms with Crippen LogP contribution in [0, 0.1) is 6.92 Å². The molecule has 1 fully saturated rings. The van der Waals surface area contributed by atoms with Gasteiger partial charge in [-0.2, -0.15) is 0 Å². The molecular formula is C12H12N2O4. The Hall–Kier alpha value is -2.37. The highest BCUT2D eigenvalue weighted by Gasteiger charge is 2.33. The Morgan fingerprint density at radius 2 is 1.89 bits per heavy atom. The van der Waals surface area contributed by atoms with Crippen LogP contribution < -0.4 is 5.73 Å². The molecule has 1 heterocycles. The van der Waals surface area contributed by atoms with Gasteiger partial charge < -0.3 is 10.6 Å². The first-order valence-corrected chi connectivity index (χ1v) is 5.43. The molecule has 2 N–H and O–H groups in total. The first kappa shape index (κ1) is 12.1. The van der Waals surface area contributed by atoms with Crippen molar-refractivity contribution in [2.24, 2.45) is 0 Å². The summed E-state index contributed by atoms with van der Waals surface area (Å²) < 4.78 is 0. The van der Waals surface area contributed by atoms with Crippen LogP contribution >= 0.6 is 0 Å². The summed E-state index contributed by atoms with van der Waals surface area (Å²) in [6.07, 6.45) is 0.143. The number of amides is 2. The summed E-state index contributed by atoms with van der Waals surface area (Å²) in [6.45, 7) is 1.71. The maximum atomic E-state index is 11.8. The van der Waals surface area contributed by atoms with E-state index in [4.69, 9.17) is 10.6 Å². The van der Waals surface area contributed by atoms with E-state index in [1.54, 1.807) is 19.1 Å². The highest BCUT2D eigenvalue weighted by Crippen LogP contribution is 2.17. The fourth-order valence-electron chi connectivity index (χ4n) is 1.65. The van der Waals surface area contributed by atoms with Gasteiger partial charge in [0, 0.05) is 18.5 Å². The summed E-state index contributed by atoms with van der Waals surface area (Å²) in [4.78, 5) is 39.3. The van der Waals surface area contributed by atoms with Crippen LogP contribution in [0.25, 0.3) is 0 Å². The fourth-order valence-corrected chi connectivity index (χ4v) is 1.65. The third-order valence-corrected chi connectivity index (χ3v) is 2.66. The zero-order valence-corrected chi connectivity index (χ0v) is 9.80. The Morgan fingerprint density at radius 1 is 1.28 bits per heavy atom. The molecule has 0 spiro atoms. The number of anilines is 1. The molecule has 0 bridgehead atoms. The second-order valence-corrected chi connectivity index (χ2v) is 4.03. The van der Waals surface area contributed by atoms with E-state index in [0.717, 1.165) is 0 Å². The van der Waals surface area contributed by atoms with E-state index in [0.29, 0.717) is 16.3 Å². The minimum atomic E-state index is -0.761. The van der Waals surface area contributed by atoms with Gasteiger partial charge >= 0.3 is 5.97 Å². The van der Waals surface area contributed by atoms with Crippen LogP contribution in [0.3, 0.4) is 0 Å². The number of nitrogens with two attached hydrogens (primary N) is 1. The number of nitrogens with zero attached hydrogens (tertiary/aromatic N) is 1. The zero-order chi connectivity index (χ0) is 13.3. The normalized spacial score (nSPS) is 15.1. The van der Waals surface area contributed by atoms with Crippen molar-refractivity contribution in [1.29, 1.82) is 0 Å². The number of carbonyl (C=O) groups excluding carboxylic acids is 3. The lowest BCUT2D eigenvalue weighted by Gasteiger charge is -2.13. The molecule has 0 saturated carbocycles. The van der Waals surface area contributed by atoms with Gasteiger partial charge in [-0.3, -0.25) is 9.59 Å². The van der Waals surface area contributed by atoms with Crippen molar-refractivity contribution in [2.75, 3.05) is 5.73 Å². The van der Waals surface area contributed by atoms with E-state index in [1.165, 1.54) is 6.07 Å². The average molecular weight is 248 g/mol. The Kier molecular flexibility index (Phi) is 3.01. The Morgan fingerprint density at radius 3 is 2.50 bits per heavy atom. The number of hydrogen-bond donors (Lipinski definition) is 1. The first-order chi connectivity index (χ1) is 8.49. The summed E-state index contributed by atoms with van der Waals surface area (Å²) in [7, 11) is 0. The van der Waals surface area contributed by atoms with Crippen molar-refractivity contribution >= 4 is 23.5 Å². The molecule has 2 rings (SSSR count). The van der Waals surface area contributed by atoms with Gasteiger partial charge in [-0.05, 0) is 24.6 Å². The van der Waals surface area contributed by atoms with Crippen LogP contribution in [0.2, 0.25) is 0 Å². The molecule has 6 nitrogen and oxygen atoms in total. The predicted molar refractivity (Wildman–Crippen MR) is 62.1 cm³/mol. The monoisotopic (exact) mass is 248 g/mol. The topological polar surface area (TPSA) is 89.7 Å². The molecule has 1 aliphatic rings. The number of nitrogen functional groups attached to an aromatic ring is 1. The van der Waals surface area contributed by atoms with E-state index in [1.807, 2.05) is 0 Å². The minimum Gasteiger partial charge on any atom is -0.399 e. The number of hydrogen-bond acceptors (Lipinski definition) is 5. The molecule has 94 valence electrons. The van der Waals surface area contributed by atoms with Crippen LogP contribution in [0.1, 0.15) is 28.8 Å². The largest absolute Gasteiger partial charge is 0.399 e. The van der Waals surface area contributed by atoms with Crippen molar-refractivity contribution in [1.82, 2.24) is 5.06 Å². The van der Waals surface area contributed by atoms with Crippen molar-refractivity contribution in [3.63, 3.8) is 0 Å². The van der Waals surface area contributed by atoms with E-state index >= 15 is 0 Å². The van der Waals surface area contributed by atoms with Crippen LogP contribution in [-0.4, -0.2) is 22.8 Å². The van der Waals surface area contributed by atoms with Crippen LogP contribution in [0.15, 0.2) is 18.2 Å². The smallest absolute Gasteiger partial charge is 0.364 e. The Balaban J connectivity index is 2.19. The molecule has 0 aromatic heterocycles. The van der Waals surface area contributed by atoms with E-state index in [-0.39, 0.29) is 18.4 Å². The molecule has 0 aliphatic carbocycles. The second-order valence-electron chi connectivity index (χ2n) is 4.03. The van der Waals surface area contributed by atoms with Gasteiger partial charge in [0.2, 0.25) is 0 Å². The molecule has 6 heteroatoms. The lowest BCUT2D eigenvalue weighted by molar-refractivity contribution is -0.172. The summed E-state index contributed by atoms with van der Waals surface area (Å²) in [5.74, 6) is -1.77. The Bertz CT molecular complexity index is 523. The molecule has 1 aromatic rings. The third-order valence-electron chi connectivity index (χ3n) is 2.66. The van der Waals surface area contributed by atoms with Gasteiger partial charge in [0.05, 0.1) is 5.56 Å². The highest BCUT2D eigenvalue weighted by atomic mass is 16.7. The van der Waals surface area contributed by atoms with Gasteiger partial charge in [0.1, 0.15) is 0 Å². The number of hydroxylamine groups is 2. The molecule has 0 unspecified atom stereocenters. The number of rotatable bonds is 2. The molecule has 0 radical (unpaired) electrons. The van der Waals surface area contributed by atoms with Crippen LogP contribution in [0.5, 0.6) is 0 Å². The molecule has 2 amide bonds. The van der Waals surface area contributed by atoms with Crippen molar-refractivity contribution in [2.45, 2.75) is 19.8 Å². The fraction of sp³-hybridized carbons (Fsp3) is 0.250. The SMILES string of the molecule is Cc1ccc(N)cc1C(=O)ON1C(=O)CCC1=O. The summed E-state index contributed by atoms with van der Waals surface area (Å²) in [6, 6.07) is 4.76. The minimum absolute atomic E-state index is 0.0715. The average Bonchev–Trinajstić information content (AvgIpc) is 2.64. The number of benzene rings is 1. The number of imide groups is 1. The van der Waals surface area contributed by atoms with Gasteiger partial charge in [-0.25, -0.2) is 4.79 Å². The van der Waals surface area contributed by atoms with Crippen molar-refractivity contribution in [3.8, 4) is 0 Å². The molecule has 0 atom stereocenters. The van der Waals surface area contributed by atoms with E-state index in [2.05, 4.69) is 0 Å². The highest BCUT2D eigenvalue weighted by molar-refractivity contribution is 6.03. The lowest BCUT2D eigenvalue weighted by atomic mass is 10.1. The molecule has 18 heavy (non-hydrogen) atoms. The molecule has 1 saturated heterocycles. The van der Waals surface area contributed by atoms with Crippen molar-refractivity contribution in [3.05, 3.63) is 29.3 Å². The van der Waals surface area contributed by atoms with E-state index in [9.17, 15) is 14.4 Å². The van der Waals surface area contributed by atoms with Gasteiger partial charge in [-0.15, -0.1) is 5.06 Å². The van der Waals surface area contributed by atoms with Crippen molar-refractivity contribution < 1.29 is 19.2 Å². The van der Waals surface area contributed by atoms with Gasteiger partial charge in [-0.1, -0.05) is 6.07 Å². The van der Waals surface area contributed by atoms with Gasteiger partial charge in [0.15, 0.2) is 0 Å². The van der Waals surface area contributed by atoms with E-state index < -0.39 is 17.8 Å². The van der Waals surface area contributed by atoms with Crippen LogP contribution in [0.4, 0.5) is 5.69 Å². The maximum Gasteiger partial charge on any atom is 0.364 e. The third kappa shape index (κ3) is 2.17. The number of carbonyl (C=O) groups is 3. The number of aryl methyl sites for hydroxylation is 1. The summed E-state index contributed by atoms with van der Waals surface area (Å²) in [5.41, 5.74) is 6.88. The quantitative estimate of drug-likeness (QED) is 0.617. The molecule has 1 aliphatic heterocycles. The second kappa shape index (κ2) is 4.48. The Labute approximate surface area is 103 Å². The maximum absolute atomic E-state index is 11.8. The predicted octanol–water partition coefficient (Wildman–Crippen LogP) is 0.798. The molecule has 1 aromatic carbocycles. The van der Waals surface area contributed by atoms with Crippen LogP contribution in [-0.2, 0) is 14.4 Å². The standard InChI is InChI=1S/C12H12N2O4/c1-7-2-3-8(13)6-9(7)12(17)18-14-10(15)4-5-11(14)16/h2-3,6H,4-5,13H2,1H3.